The highest BCUT2D eigenvalue weighted by Crippen LogP contribution is 2.32. The molecule has 2 heterocycles. The summed E-state index contributed by atoms with van der Waals surface area (Å²) in [6.07, 6.45) is 0.342. The highest BCUT2D eigenvalue weighted by atomic mass is 16.8. The molecular weight excluding hydrogens is 350 g/mol. The molecule has 2 aliphatic heterocycles. The van der Waals surface area contributed by atoms with E-state index in [9.17, 15) is 0 Å². The van der Waals surface area contributed by atoms with Crippen LogP contribution in [0.25, 0.3) is 0 Å². The lowest BCUT2D eigenvalue weighted by atomic mass is 10.2. The highest BCUT2D eigenvalue weighted by Gasteiger charge is 2.53. The summed E-state index contributed by atoms with van der Waals surface area (Å²) in [4.78, 5) is 13.1. The second-order valence-corrected chi connectivity index (χ2v) is 10.1. The molecule has 0 aromatic carbocycles. The van der Waals surface area contributed by atoms with Gasteiger partial charge in [-0.2, -0.15) is 4.65 Å². The first-order valence-corrected chi connectivity index (χ1v) is 9.69. The van der Waals surface area contributed by atoms with E-state index in [-0.39, 0.29) is 17.1 Å². The standard InChI is InChI=1S/C18H42N5O4/c1-17(2,21(5,6)13-19-15-11-24-15)27-23(9,10)18(3,4)26-22(7,8)14-20-16-12-25-16/h15-16,19-20H,11-14H2,1-10H3/q+3. The summed E-state index contributed by atoms with van der Waals surface area (Å²) in [6.45, 7) is 11.3. The highest BCUT2D eigenvalue weighted by molar-refractivity contribution is 4.64. The van der Waals surface area contributed by atoms with E-state index in [2.05, 4.69) is 52.4 Å². The number of epoxide rings is 2. The van der Waals surface area contributed by atoms with E-state index in [1.54, 1.807) is 0 Å². The van der Waals surface area contributed by atoms with Crippen molar-refractivity contribution in [1.29, 1.82) is 0 Å². The number of hydrogen-bond acceptors (Lipinski definition) is 6. The molecule has 2 N–H and O–H groups in total. The van der Waals surface area contributed by atoms with E-state index in [0.29, 0.717) is 15.8 Å². The van der Waals surface area contributed by atoms with Crippen LogP contribution in [-0.2, 0) is 19.1 Å². The number of hydrogen-bond donors (Lipinski definition) is 2. The maximum Gasteiger partial charge on any atom is 0.277 e. The normalized spacial score (nSPS) is 24.2. The van der Waals surface area contributed by atoms with Gasteiger partial charge in [-0.05, 0) is 0 Å². The van der Waals surface area contributed by atoms with E-state index in [4.69, 9.17) is 19.1 Å². The van der Waals surface area contributed by atoms with Crippen molar-refractivity contribution >= 4 is 0 Å². The predicted octanol–water partition coefficient (Wildman–Crippen LogP) is 0.358. The van der Waals surface area contributed by atoms with E-state index < -0.39 is 11.4 Å². The molecule has 9 nitrogen and oxygen atoms in total. The van der Waals surface area contributed by atoms with Gasteiger partial charge in [0.25, 0.3) is 5.72 Å². The summed E-state index contributed by atoms with van der Waals surface area (Å²) in [6, 6.07) is 0. The van der Waals surface area contributed by atoms with Crippen molar-refractivity contribution in [1.82, 2.24) is 10.6 Å². The van der Waals surface area contributed by atoms with Gasteiger partial charge in [-0.15, -0.1) is 14.3 Å². The van der Waals surface area contributed by atoms with E-state index in [0.717, 1.165) is 19.9 Å². The lowest BCUT2D eigenvalue weighted by molar-refractivity contribution is -1.22. The molecule has 2 unspecified atom stereocenters. The Balaban J connectivity index is 1.99. The number of ether oxygens (including phenoxy) is 2. The molecule has 0 radical (unpaired) electrons. The SMILES string of the molecule is CC(C)(O[N+](C)(C)C(C)(C)O[N+](C)(C)CNC1CO1)[N+](C)(C)CNC1CO1. The summed E-state index contributed by atoms with van der Waals surface area (Å²) >= 11 is 0. The van der Waals surface area contributed by atoms with Crippen molar-refractivity contribution in [2.24, 2.45) is 0 Å². The maximum atomic E-state index is 6.64. The summed E-state index contributed by atoms with van der Waals surface area (Å²) in [7, 11) is 12.4. The minimum Gasteiger partial charge on any atom is -0.357 e. The average Bonchev–Trinajstić information content (AvgIpc) is 3.34. The Morgan fingerprint density at radius 3 is 1.67 bits per heavy atom. The fourth-order valence-electron chi connectivity index (χ4n) is 2.69. The monoisotopic (exact) mass is 392 g/mol. The van der Waals surface area contributed by atoms with Crippen molar-refractivity contribution in [3.63, 3.8) is 0 Å². The quantitative estimate of drug-likeness (QED) is 0.216. The number of hydroxylamine groups is 6. The number of nitrogens with zero attached hydrogens (tertiary/aromatic N) is 3. The van der Waals surface area contributed by atoms with Gasteiger partial charge in [0.15, 0.2) is 6.67 Å². The zero-order chi connectivity index (χ0) is 20.7. The summed E-state index contributed by atoms with van der Waals surface area (Å²) < 4.78 is 11.7. The van der Waals surface area contributed by atoms with Gasteiger partial charge in [0.05, 0.1) is 41.4 Å². The molecule has 160 valence electrons. The molecule has 2 fully saturated rings. The number of rotatable bonds is 12. The first-order valence-electron chi connectivity index (χ1n) is 9.69. The minimum absolute atomic E-state index is 0.160. The van der Waals surface area contributed by atoms with Crippen LogP contribution in [0.15, 0.2) is 0 Å². The molecule has 2 aliphatic rings. The summed E-state index contributed by atoms with van der Waals surface area (Å²) in [5.41, 5.74) is -1.04. The fraction of sp³-hybridized carbons (Fsp3) is 1.00. The Bertz CT molecular complexity index is 514. The van der Waals surface area contributed by atoms with Crippen molar-refractivity contribution in [2.75, 3.05) is 68.8 Å². The lowest BCUT2D eigenvalue weighted by Gasteiger charge is -2.49. The van der Waals surface area contributed by atoms with Gasteiger partial charge in [0.2, 0.25) is 5.72 Å². The Morgan fingerprint density at radius 1 is 0.778 bits per heavy atom. The third kappa shape index (κ3) is 6.31. The number of nitrogens with one attached hydrogen (secondary N) is 2. The van der Waals surface area contributed by atoms with Gasteiger partial charge in [0, 0.05) is 27.7 Å². The van der Waals surface area contributed by atoms with Gasteiger partial charge < -0.3 is 9.47 Å². The largest absolute Gasteiger partial charge is 0.357 e. The van der Waals surface area contributed by atoms with Crippen LogP contribution in [0.2, 0.25) is 0 Å². The van der Waals surface area contributed by atoms with E-state index in [1.807, 2.05) is 28.2 Å². The molecule has 0 saturated carbocycles. The molecule has 0 bridgehead atoms. The average molecular weight is 393 g/mol. The Hall–Kier alpha value is -0.360. The third-order valence-corrected chi connectivity index (χ3v) is 5.76. The van der Waals surface area contributed by atoms with E-state index >= 15 is 0 Å². The lowest BCUT2D eigenvalue weighted by Crippen LogP contribution is -2.70. The maximum absolute atomic E-state index is 6.64. The van der Waals surface area contributed by atoms with Crippen LogP contribution in [-0.4, -0.2) is 107 Å². The van der Waals surface area contributed by atoms with Crippen molar-refractivity contribution in [2.45, 2.75) is 51.6 Å². The molecule has 0 aromatic heterocycles. The smallest absolute Gasteiger partial charge is 0.277 e. The van der Waals surface area contributed by atoms with Crippen LogP contribution in [0.3, 0.4) is 0 Å². The molecule has 0 spiro atoms. The zero-order valence-corrected chi connectivity index (χ0v) is 19.0. The molecule has 0 amide bonds. The zero-order valence-electron chi connectivity index (χ0n) is 19.0. The van der Waals surface area contributed by atoms with E-state index in [1.165, 1.54) is 0 Å². The van der Waals surface area contributed by atoms with Gasteiger partial charge in [-0.3, -0.25) is 4.48 Å². The Morgan fingerprint density at radius 2 is 1.22 bits per heavy atom. The fourth-order valence-corrected chi connectivity index (χ4v) is 2.69. The van der Waals surface area contributed by atoms with Crippen LogP contribution in [0.4, 0.5) is 0 Å². The van der Waals surface area contributed by atoms with Crippen LogP contribution in [0, 0.1) is 0 Å². The van der Waals surface area contributed by atoms with Gasteiger partial charge in [0.1, 0.15) is 33.2 Å². The molecule has 9 heteroatoms. The third-order valence-electron chi connectivity index (χ3n) is 5.76. The molecule has 27 heavy (non-hydrogen) atoms. The molecule has 0 aliphatic carbocycles. The molecule has 2 atom stereocenters. The van der Waals surface area contributed by atoms with Gasteiger partial charge >= 0.3 is 0 Å². The summed E-state index contributed by atoms with van der Waals surface area (Å²) in [5, 5.41) is 6.74. The van der Waals surface area contributed by atoms with Crippen LogP contribution < -0.4 is 10.6 Å². The minimum atomic E-state index is -0.583. The second kappa shape index (κ2) is 7.47. The first-order chi connectivity index (χ1) is 12.1. The second-order valence-electron chi connectivity index (χ2n) is 10.1. The Labute approximate surface area is 164 Å². The van der Waals surface area contributed by atoms with Crippen molar-refractivity contribution < 1.29 is 32.9 Å². The van der Waals surface area contributed by atoms with Gasteiger partial charge in [-0.25, -0.2) is 10.6 Å². The van der Waals surface area contributed by atoms with Crippen LogP contribution in [0.5, 0.6) is 0 Å². The molecule has 2 saturated heterocycles. The Kier molecular flexibility index (Phi) is 6.35. The number of quaternary nitrogens is 3. The van der Waals surface area contributed by atoms with Crippen molar-refractivity contribution in [3.8, 4) is 0 Å². The molecule has 0 aromatic rings. The van der Waals surface area contributed by atoms with Crippen LogP contribution in [0.1, 0.15) is 27.7 Å². The first kappa shape index (κ1) is 22.9. The van der Waals surface area contributed by atoms with Crippen LogP contribution >= 0.6 is 0 Å². The topological polar surface area (TPSA) is 67.6 Å². The van der Waals surface area contributed by atoms with Gasteiger partial charge in [-0.1, -0.05) is 0 Å². The predicted molar refractivity (Wildman–Crippen MR) is 102 cm³/mol. The molecule has 2 rings (SSSR count). The molecular formula is C18H42N5O4+3. The van der Waals surface area contributed by atoms with Crippen molar-refractivity contribution in [3.05, 3.63) is 0 Å². The summed E-state index contributed by atoms with van der Waals surface area (Å²) in [5.74, 6) is 0.